The molecule has 1 heterocycles. The average Bonchev–Trinajstić information content (AvgIpc) is 2.91. The van der Waals surface area contributed by atoms with Crippen molar-refractivity contribution in [3.8, 4) is 0 Å². The molecule has 112 valence electrons. The quantitative estimate of drug-likeness (QED) is 0.900. The minimum Gasteiger partial charge on any atom is -0.391 e. The van der Waals surface area contributed by atoms with Crippen molar-refractivity contribution in [3.05, 3.63) is 46.1 Å². The van der Waals surface area contributed by atoms with E-state index < -0.39 is 22.2 Å². The lowest BCUT2D eigenvalue weighted by Gasteiger charge is -2.17. The molecule has 0 aliphatic heterocycles. The van der Waals surface area contributed by atoms with Gasteiger partial charge < -0.3 is 5.11 Å². The third-order valence-corrected chi connectivity index (χ3v) is 6.71. The second-order valence-electron chi connectivity index (χ2n) is 5.17. The molecule has 5 nitrogen and oxygen atoms in total. The van der Waals surface area contributed by atoms with Crippen LogP contribution in [-0.4, -0.2) is 24.6 Å². The van der Waals surface area contributed by atoms with Crippen LogP contribution in [0.4, 0.5) is 0 Å². The van der Waals surface area contributed by atoms with Crippen LogP contribution in [-0.2, 0) is 16.4 Å². The molecule has 2 atom stereocenters. The van der Waals surface area contributed by atoms with Gasteiger partial charge in [-0.1, -0.05) is 24.3 Å². The fourth-order valence-corrected chi connectivity index (χ4v) is 5.45. The fourth-order valence-electron chi connectivity index (χ4n) is 2.70. The predicted molar refractivity (Wildman–Crippen MR) is 80.8 cm³/mol. The summed E-state index contributed by atoms with van der Waals surface area (Å²) < 4.78 is 27.9. The van der Waals surface area contributed by atoms with Gasteiger partial charge in [-0.05, 0) is 25.0 Å². The van der Waals surface area contributed by atoms with E-state index in [1.165, 1.54) is 0 Å². The molecule has 1 aromatic carbocycles. The van der Waals surface area contributed by atoms with Crippen LogP contribution >= 0.6 is 11.3 Å². The molecular weight excluding hydrogens is 308 g/mol. The Labute approximate surface area is 127 Å². The zero-order chi connectivity index (χ0) is 15.2. The highest BCUT2D eigenvalue weighted by atomic mass is 32.2. The molecule has 2 aromatic rings. The van der Waals surface area contributed by atoms with Crippen molar-refractivity contribution in [2.24, 2.45) is 0 Å². The number of sulfonamides is 1. The van der Waals surface area contributed by atoms with Crippen LogP contribution in [0.2, 0.25) is 0 Å². The lowest BCUT2D eigenvalue weighted by molar-refractivity contribution is 0.151. The molecular formula is C14H16N2O3S2. The van der Waals surface area contributed by atoms with Gasteiger partial charge in [-0.3, -0.25) is 0 Å². The Morgan fingerprint density at radius 2 is 2.05 bits per heavy atom. The van der Waals surface area contributed by atoms with Gasteiger partial charge in [-0.15, -0.1) is 11.3 Å². The molecule has 7 heteroatoms. The molecule has 3 rings (SSSR count). The molecule has 21 heavy (non-hydrogen) atoms. The van der Waals surface area contributed by atoms with E-state index in [4.69, 9.17) is 0 Å². The first kappa shape index (κ1) is 14.6. The summed E-state index contributed by atoms with van der Waals surface area (Å²) in [5.74, 6) is 0. The highest BCUT2D eigenvalue weighted by Gasteiger charge is 2.35. The van der Waals surface area contributed by atoms with Gasteiger partial charge in [0.2, 0.25) is 0 Å². The van der Waals surface area contributed by atoms with E-state index in [0.717, 1.165) is 22.5 Å². The topological polar surface area (TPSA) is 79.3 Å². The van der Waals surface area contributed by atoms with Crippen LogP contribution in [0, 0.1) is 13.8 Å². The van der Waals surface area contributed by atoms with Crippen molar-refractivity contribution in [3.63, 3.8) is 0 Å². The minimum atomic E-state index is -3.68. The maximum Gasteiger partial charge on any atom is 0.252 e. The molecule has 1 aliphatic rings. The van der Waals surface area contributed by atoms with Crippen molar-refractivity contribution < 1.29 is 13.5 Å². The van der Waals surface area contributed by atoms with Crippen molar-refractivity contribution in [1.82, 2.24) is 9.71 Å². The number of hydrogen-bond acceptors (Lipinski definition) is 5. The number of rotatable bonds is 3. The summed E-state index contributed by atoms with van der Waals surface area (Å²) in [5.41, 5.74) is 2.31. The predicted octanol–water partition coefficient (Wildman–Crippen LogP) is 1.70. The molecule has 0 saturated carbocycles. The Balaban J connectivity index is 1.95. The van der Waals surface area contributed by atoms with E-state index >= 15 is 0 Å². The second kappa shape index (κ2) is 5.17. The minimum absolute atomic E-state index is 0.219. The van der Waals surface area contributed by atoms with Crippen molar-refractivity contribution in [2.75, 3.05) is 0 Å². The smallest absolute Gasteiger partial charge is 0.252 e. The molecule has 0 radical (unpaired) electrons. The fraction of sp³-hybridized carbons (Fsp3) is 0.357. The maximum absolute atomic E-state index is 12.5. The van der Waals surface area contributed by atoms with E-state index in [1.54, 1.807) is 13.8 Å². The number of aromatic nitrogens is 1. The number of thiazole rings is 1. The second-order valence-corrected chi connectivity index (χ2v) is 8.29. The van der Waals surface area contributed by atoms with Crippen LogP contribution in [0.3, 0.4) is 0 Å². The normalized spacial score (nSPS) is 21.5. The van der Waals surface area contributed by atoms with Crippen LogP contribution in [0.25, 0.3) is 0 Å². The van der Waals surface area contributed by atoms with Crippen LogP contribution in [0.15, 0.2) is 28.5 Å². The zero-order valence-corrected chi connectivity index (χ0v) is 13.3. The Morgan fingerprint density at radius 3 is 2.71 bits per heavy atom. The summed E-state index contributed by atoms with van der Waals surface area (Å²) in [6.45, 7) is 3.45. The van der Waals surface area contributed by atoms with Crippen molar-refractivity contribution in [2.45, 2.75) is 36.6 Å². The Kier molecular flexibility index (Phi) is 3.61. The van der Waals surface area contributed by atoms with Crippen molar-refractivity contribution in [1.29, 1.82) is 0 Å². The van der Waals surface area contributed by atoms with Crippen LogP contribution < -0.4 is 4.72 Å². The van der Waals surface area contributed by atoms with Gasteiger partial charge in [0, 0.05) is 6.42 Å². The Morgan fingerprint density at radius 1 is 1.33 bits per heavy atom. The van der Waals surface area contributed by atoms with Gasteiger partial charge in [-0.2, -0.15) is 0 Å². The first-order valence-corrected chi connectivity index (χ1v) is 8.90. The zero-order valence-electron chi connectivity index (χ0n) is 11.7. The van der Waals surface area contributed by atoms with Crippen LogP contribution in [0.1, 0.15) is 27.9 Å². The van der Waals surface area contributed by atoms with E-state index in [2.05, 4.69) is 9.71 Å². The van der Waals surface area contributed by atoms with Crippen LogP contribution in [0.5, 0.6) is 0 Å². The number of nitrogens with zero attached hydrogens (tertiary/aromatic N) is 1. The monoisotopic (exact) mass is 324 g/mol. The largest absolute Gasteiger partial charge is 0.391 e. The first-order valence-electron chi connectivity index (χ1n) is 6.61. The SMILES string of the molecule is Cc1nc(C)c(S(=O)(=O)N[C@H]2c3ccccc3C[C@@H]2O)s1. The van der Waals surface area contributed by atoms with Gasteiger partial charge in [0.05, 0.1) is 22.8 Å². The number of nitrogens with one attached hydrogen (secondary N) is 1. The van der Waals surface area contributed by atoms with Gasteiger partial charge >= 0.3 is 0 Å². The molecule has 0 spiro atoms. The number of benzene rings is 1. The summed E-state index contributed by atoms with van der Waals surface area (Å²) in [7, 11) is -3.68. The van der Waals surface area contributed by atoms with E-state index in [-0.39, 0.29) is 4.21 Å². The van der Waals surface area contributed by atoms with E-state index in [1.807, 2.05) is 24.3 Å². The standard InChI is InChI=1S/C14H16N2O3S2/c1-8-14(20-9(2)15-8)21(18,19)16-13-11-6-4-3-5-10(11)7-12(13)17/h3-6,12-13,16-17H,7H2,1-2H3/t12-,13-/m0/s1. The molecule has 2 N–H and O–H groups in total. The van der Waals surface area contributed by atoms with Gasteiger partial charge in [-0.25, -0.2) is 18.1 Å². The Hall–Kier alpha value is -1.28. The molecule has 0 unspecified atom stereocenters. The molecule has 0 amide bonds. The summed E-state index contributed by atoms with van der Waals surface area (Å²) in [5, 5.41) is 10.9. The Bertz CT molecular complexity index is 783. The van der Waals surface area contributed by atoms with Gasteiger partial charge in [0.15, 0.2) is 4.21 Å². The van der Waals surface area contributed by atoms with Crippen molar-refractivity contribution >= 4 is 21.4 Å². The summed E-state index contributed by atoms with van der Waals surface area (Å²) in [4.78, 5) is 4.15. The number of aliphatic hydroxyl groups is 1. The van der Waals surface area contributed by atoms with Gasteiger partial charge in [0.25, 0.3) is 10.0 Å². The lowest BCUT2D eigenvalue weighted by atomic mass is 10.1. The lowest BCUT2D eigenvalue weighted by Crippen LogP contribution is -2.33. The maximum atomic E-state index is 12.5. The highest BCUT2D eigenvalue weighted by molar-refractivity contribution is 7.91. The number of fused-ring (bicyclic) bond motifs is 1. The third kappa shape index (κ3) is 2.62. The van der Waals surface area contributed by atoms with Gasteiger partial charge in [0.1, 0.15) is 0 Å². The highest BCUT2D eigenvalue weighted by Crippen LogP contribution is 2.33. The molecule has 1 aliphatic carbocycles. The number of hydrogen-bond donors (Lipinski definition) is 2. The summed E-state index contributed by atoms with van der Waals surface area (Å²) >= 11 is 1.14. The molecule has 0 fully saturated rings. The summed E-state index contributed by atoms with van der Waals surface area (Å²) in [6, 6.07) is 6.89. The molecule has 0 saturated heterocycles. The molecule has 1 aromatic heterocycles. The summed E-state index contributed by atoms with van der Waals surface area (Å²) in [6.07, 6.45) is -0.282. The van der Waals surface area contributed by atoms with E-state index in [0.29, 0.717) is 17.1 Å². The number of aliphatic hydroxyl groups excluding tert-OH is 1. The van der Waals surface area contributed by atoms with E-state index in [9.17, 15) is 13.5 Å². The third-order valence-electron chi connectivity index (χ3n) is 3.59. The first-order chi connectivity index (χ1) is 9.88. The average molecular weight is 324 g/mol. The number of aryl methyl sites for hydroxylation is 2. The molecule has 0 bridgehead atoms.